The Balaban J connectivity index is 1.69. The van der Waals surface area contributed by atoms with Gasteiger partial charge in [-0.2, -0.15) is 0 Å². The maximum absolute atomic E-state index is 5.88. The highest BCUT2D eigenvalue weighted by Gasteiger charge is 2.16. The van der Waals surface area contributed by atoms with Gasteiger partial charge in [-0.1, -0.05) is 23.7 Å². The lowest BCUT2D eigenvalue weighted by molar-refractivity contribution is 0.174. The summed E-state index contributed by atoms with van der Waals surface area (Å²) in [6, 6.07) is 11.6. The number of nitrogens with zero attached hydrogens (tertiary/aromatic N) is 1. The van der Waals surface area contributed by atoms with Gasteiger partial charge in [-0.3, -0.25) is 0 Å². The van der Waals surface area contributed by atoms with E-state index in [1.165, 1.54) is 0 Å². The molecular weight excluding hydrogens is 276 g/mol. The molecule has 2 aromatic carbocycles. The highest BCUT2D eigenvalue weighted by atomic mass is 35.5. The number of fused-ring (bicyclic) bond motifs is 2. The van der Waals surface area contributed by atoms with Crippen LogP contribution in [0.25, 0.3) is 11.0 Å². The molecule has 0 spiro atoms. The Morgan fingerprint density at radius 3 is 2.65 bits per heavy atom. The number of ether oxygens (including phenoxy) is 2. The molecule has 4 rings (SSSR count). The molecule has 20 heavy (non-hydrogen) atoms. The average molecular weight is 287 g/mol. The minimum Gasteiger partial charge on any atom is -0.454 e. The van der Waals surface area contributed by atoms with Crippen molar-refractivity contribution in [1.82, 2.24) is 9.97 Å². The second-order valence-electron chi connectivity index (χ2n) is 4.71. The fraction of sp³-hybridized carbons (Fsp3) is 0.133. The number of H-pyrrole nitrogens is 1. The van der Waals surface area contributed by atoms with Crippen molar-refractivity contribution in [3.63, 3.8) is 0 Å². The lowest BCUT2D eigenvalue weighted by Crippen LogP contribution is -1.93. The van der Waals surface area contributed by atoms with Crippen molar-refractivity contribution in [3.05, 3.63) is 52.8 Å². The number of hydrogen-bond donors (Lipinski definition) is 1. The van der Waals surface area contributed by atoms with Crippen molar-refractivity contribution >= 4 is 22.6 Å². The molecule has 0 aliphatic carbocycles. The Kier molecular flexibility index (Phi) is 2.57. The second kappa shape index (κ2) is 4.42. The van der Waals surface area contributed by atoms with Crippen LogP contribution >= 0.6 is 11.6 Å². The zero-order valence-electron chi connectivity index (χ0n) is 10.5. The molecule has 4 nitrogen and oxygen atoms in total. The SMILES string of the molecule is Clc1ccc(Cc2nc3cc4c(cc3[nH]2)OCO4)cc1. The van der Waals surface area contributed by atoms with Gasteiger partial charge in [-0.25, -0.2) is 4.98 Å². The number of aromatic nitrogens is 2. The van der Waals surface area contributed by atoms with E-state index in [0.717, 1.165) is 45.4 Å². The smallest absolute Gasteiger partial charge is 0.231 e. The molecule has 1 aromatic heterocycles. The van der Waals surface area contributed by atoms with Gasteiger partial charge in [0.05, 0.1) is 11.0 Å². The second-order valence-corrected chi connectivity index (χ2v) is 5.15. The van der Waals surface area contributed by atoms with Gasteiger partial charge < -0.3 is 14.5 Å². The number of aromatic amines is 1. The van der Waals surface area contributed by atoms with Gasteiger partial charge in [0, 0.05) is 23.6 Å². The van der Waals surface area contributed by atoms with E-state index in [4.69, 9.17) is 21.1 Å². The van der Waals surface area contributed by atoms with E-state index in [0.29, 0.717) is 0 Å². The lowest BCUT2D eigenvalue weighted by Gasteiger charge is -1.97. The summed E-state index contributed by atoms with van der Waals surface area (Å²) in [5, 5.41) is 0.740. The molecule has 1 aliphatic heterocycles. The molecule has 5 heteroatoms. The number of rotatable bonds is 2. The van der Waals surface area contributed by atoms with Crippen LogP contribution in [0.2, 0.25) is 5.02 Å². The molecule has 3 aromatic rings. The average Bonchev–Trinajstić information content (AvgIpc) is 3.03. The van der Waals surface area contributed by atoms with Gasteiger partial charge in [0.25, 0.3) is 0 Å². The molecule has 100 valence electrons. The van der Waals surface area contributed by atoms with Crippen molar-refractivity contribution in [1.29, 1.82) is 0 Å². The van der Waals surface area contributed by atoms with Crippen LogP contribution in [-0.4, -0.2) is 16.8 Å². The number of benzene rings is 2. The Morgan fingerprint density at radius 2 is 1.85 bits per heavy atom. The van der Waals surface area contributed by atoms with Gasteiger partial charge in [0.2, 0.25) is 6.79 Å². The predicted octanol–water partition coefficient (Wildman–Crippen LogP) is 3.54. The predicted molar refractivity (Wildman–Crippen MR) is 76.5 cm³/mol. The van der Waals surface area contributed by atoms with E-state index in [1.54, 1.807) is 0 Å². The van der Waals surface area contributed by atoms with E-state index in [9.17, 15) is 0 Å². The van der Waals surface area contributed by atoms with Crippen LogP contribution in [0.3, 0.4) is 0 Å². The topological polar surface area (TPSA) is 47.1 Å². The van der Waals surface area contributed by atoms with Crippen LogP contribution in [0.15, 0.2) is 36.4 Å². The van der Waals surface area contributed by atoms with Gasteiger partial charge in [0.1, 0.15) is 5.82 Å². The largest absolute Gasteiger partial charge is 0.454 e. The van der Waals surface area contributed by atoms with Gasteiger partial charge in [-0.05, 0) is 17.7 Å². The van der Waals surface area contributed by atoms with Crippen LogP contribution < -0.4 is 9.47 Å². The molecule has 0 atom stereocenters. The van der Waals surface area contributed by atoms with Crippen molar-refractivity contribution in [3.8, 4) is 11.5 Å². The first-order valence-corrected chi connectivity index (χ1v) is 6.68. The first kappa shape index (κ1) is 11.6. The zero-order valence-corrected chi connectivity index (χ0v) is 11.3. The van der Waals surface area contributed by atoms with Gasteiger partial charge in [0.15, 0.2) is 11.5 Å². The lowest BCUT2D eigenvalue weighted by atomic mass is 10.1. The van der Waals surface area contributed by atoms with Crippen LogP contribution in [0.1, 0.15) is 11.4 Å². The highest BCUT2D eigenvalue weighted by molar-refractivity contribution is 6.30. The molecule has 0 saturated carbocycles. The molecule has 1 aliphatic rings. The van der Waals surface area contributed by atoms with E-state index in [2.05, 4.69) is 9.97 Å². The molecular formula is C15H11ClN2O2. The Hall–Kier alpha value is -2.20. The number of hydrogen-bond acceptors (Lipinski definition) is 3. The standard InChI is InChI=1S/C15H11ClN2O2/c16-10-3-1-9(2-4-10)5-15-17-11-6-13-14(20-8-19-13)7-12(11)18-15/h1-4,6-7H,5,8H2,(H,17,18). The van der Waals surface area contributed by atoms with Crippen molar-refractivity contribution in [2.75, 3.05) is 6.79 Å². The van der Waals surface area contributed by atoms with Crippen LogP contribution in [-0.2, 0) is 6.42 Å². The Bertz CT molecular complexity index is 739. The third-order valence-electron chi connectivity index (χ3n) is 3.31. The summed E-state index contributed by atoms with van der Waals surface area (Å²) in [5.41, 5.74) is 3.00. The van der Waals surface area contributed by atoms with Gasteiger partial charge in [-0.15, -0.1) is 0 Å². The van der Waals surface area contributed by atoms with Crippen LogP contribution in [0.5, 0.6) is 11.5 Å². The highest BCUT2D eigenvalue weighted by Crippen LogP contribution is 2.35. The monoisotopic (exact) mass is 286 g/mol. The fourth-order valence-electron chi connectivity index (χ4n) is 2.33. The molecule has 0 saturated heterocycles. The molecule has 0 unspecified atom stereocenters. The summed E-state index contributed by atoms with van der Waals surface area (Å²) in [4.78, 5) is 7.89. The maximum Gasteiger partial charge on any atom is 0.231 e. The first-order valence-electron chi connectivity index (χ1n) is 6.30. The zero-order chi connectivity index (χ0) is 13.5. The summed E-state index contributed by atoms with van der Waals surface area (Å²) < 4.78 is 10.7. The van der Waals surface area contributed by atoms with Crippen molar-refractivity contribution < 1.29 is 9.47 Å². The minimum absolute atomic E-state index is 0.277. The van der Waals surface area contributed by atoms with E-state index in [-0.39, 0.29) is 6.79 Å². The number of nitrogens with one attached hydrogen (secondary N) is 1. The van der Waals surface area contributed by atoms with Crippen molar-refractivity contribution in [2.24, 2.45) is 0 Å². The van der Waals surface area contributed by atoms with E-state index in [1.807, 2.05) is 36.4 Å². The van der Waals surface area contributed by atoms with Crippen LogP contribution in [0.4, 0.5) is 0 Å². The summed E-state index contributed by atoms with van der Waals surface area (Å²) >= 11 is 5.88. The van der Waals surface area contributed by atoms with E-state index < -0.39 is 0 Å². The molecule has 0 radical (unpaired) electrons. The number of imidazole rings is 1. The third-order valence-corrected chi connectivity index (χ3v) is 3.56. The summed E-state index contributed by atoms with van der Waals surface area (Å²) in [6.45, 7) is 0.277. The first-order chi connectivity index (χ1) is 9.78. The quantitative estimate of drug-likeness (QED) is 0.784. The van der Waals surface area contributed by atoms with Gasteiger partial charge >= 0.3 is 0 Å². The molecule has 2 heterocycles. The molecule has 0 fully saturated rings. The number of halogens is 1. The molecule has 0 amide bonds. The minimum atomic E-state index is 0.277. The maximum atomic E-state index is 5.88. The summed E-state index contributed by atoms with van der Waals surface area (Å²) in [7, 11) is 0. The third kappa shape index (κ3) is 1.98. The fourth-order valence-corrected chi connectivity index (χ4v) is 2.46. The Morgan fingerprint density at radius 1 is 1.10 bits per heavy atom. The Labute approximate surface area is 120 Å². The van der Waals surface area contributed by atoms with E-state index >= 15 is 0 Å². The molecule has 1 N–H and O–H groups in total. The van der Waals surface area contributed by atoms with Crippen molar-refractivity contribution in [2.45, 2.75) is 6.42 Å². The molecule has 0 bridgehead atoms. The summed E-state index contributed by atoms with van der Waals surface area (Å²) in [6.07, 6.45) is 0.734. The van der Waals surface area contributed by atoms with Crippen LogP contribution in [0, 0.1) is 0 Å². The summed E-state index contributed by atoms with van der Waals surface area (Å²) in [5.74, 6) is 2.42. The normalized spacial score (nSPS) is 13.1.